The number of carbonyl (C=O) groups is 1. The molecule has 0 spiro atoms. The van der Waals surface area contributed by atoms with Gasteiger partial charge in [0.25, 0.3) is 0 Å². The van der Waals surface area contributed by atoms with Crippen LogP contribution < -0.4 is 9.47 Å². The lowest BCUT2D eigenvalue weighted by Gasteiger charge is -2.32. The Labute approximate surface area is 216 Å². The fraction of sp³-hybridized carbons (Fsp3) is 0.258. The first-order valence-corrected chi connectivity index (χ1v) is 12.7. The van der Waals surface area contributed by atoms with E-state index in [1.54, 1.807) is 6.26 Å². The van der Waals surface area contributed by atoms with Crippen molar-refractivity contribution in [3.63, 3.8) is 0 Å². The number of hydrogen-bond acceptors (Lipinski definition) is 6. The average Bonchev–Trinajstić information content (AvgIpc) is 3.31. The summed E-state index contributed by atoms with van der Waals surface area (Å²) in [4.78, 5) is 15.9. The fourth-order valence-electron chi connectivity index (χ4n) is 4.93. The first kappa shape index (κ1) is 23.5. The summed E-state index contributed by atoms with van der Waals surface area (Å²) >= 11 is 0. The van der Waals surface area contributed by atoms with Crippen molar-refractivity contribution in [2.24, 2.45) is 0 Å². The Morgan fingerprint density at radius 2 is 1.76 bits per heavy atom. The van der Waals surface area contributed by atoms with Crippen LogP contribution in [0.25, 0.3) is 22.1 Å². The number of fused-ring (bicyclic) bond motifs is 2. The van der Waals surface area contributed by atoms with Gasteiger partial charge in [0.05, 0.1) is 19.5 Å². The molecule has 0 bridgehead atoms. The highest BCUT2D eigenvalue weighted by Crippen LogP contribution is 2.40. The van der Waals surface area contributed by atoms with Crippen molar-refractivity contribution in [3.8, 4) is 22.6 Å². The SMILES string of the molecule is Cc1ccc(C(=O)c2oc3cc4c(cc3c2-c2ccc(OC(C)N3CCOCC3)cc2)CC=CO4)cc1. The van der Waals surface area contributed by atoms with E-state index in [0.29, 0.717) is 16.9 Å². The standard InChI is InChI=1S/C31H29NO5/c1-20-5-7-23(8-6-20)30(33)31-29(26-18-24-4-3-15-35-27(24)19-28(26)37-31)22-9-11-25(12-10-22)36-21(2)32-13-16-34-17-14-32/h3,5-12,15,18-19,21H,4,13-14,16-17H2,1-2H3. The maximum absolute atomic E-state index is 13.7. The number of allylic oxidation sites excluding steroid dienone is 1. The molecule has 3 heterocycles. The van der Waals surface area contributed by atoms with E-state index < -0.39 is 0 Å². The summed E-state index contributed by atoms with van der Waals surface area (Å²) in [6.07, 6.45) is 4.38. The maximum atomic E-state index is 13.7. The molecule has 2 aliphatic heterocycles. The van der Waals surface area contributed by atoms with Gasteiger partial charge in [-0.05, 0) is 55.7 Å². The van der Waals surface area contributed by atoms with E-state index >= 15 is 0 Å². The molecule has 4 aromatic rings. The molecule has 1 aromatic heterocycles. The van der Waals surface area contributed by atoms with Crippen LogP contribution in [0.2, 0.25) is 0 Å². The van der Waals surface area contributed by atoms with E-state index in [-0.39, 0.29) is 12.0 Å². The van der Waals surface area contributed by atoms with Crippen molar-refractivity contribution >= 4 is 16.8 Å². The van der Waals surface area contributed by atoms with E-state index in [2.05, 4.69) is 17.9 Å². The molecule has 0 amide bonds. The normalized spacial score (nSPS) is 16.3. The van der Waals surface area contributed by atoms with Gasteiger partial charge >= 0.3 is 0 Å². The van der Waals surface area contributed by atoms with Crippen molar-refractivity contribution in [3.05, 3.63) is 95.5 Å². The molecule has 188 valence electrons. The molecule has 1 fully saturated rings. The Balaban J connectivity index is 1.38. The molecule has 0 N–H and O–H groups in total. The van der Waals surface area contributed by atoms with Crippen LogP contribution in [-0.4, -0.2) is 43.2 Å². The van der Waals surface area contributed by atoms with Crippen LogP contribution in [0.5, 0.6) is 11.5 Å². The van der Waals surface area contributed by atoms with E-state index in [1.165, 1.54) is 0 Å². The molecular weight excluding hydrogens is 466 g/mol. The van der Waals surface area contributed by atoms with Gasteiger partial charge in [-0.2, -0.15) is 0 Å². The molecule has 3 aromatic carbocycles. The van der Waals surface area contributed by atoms with Gasteiger partial charge < -0.3 is 18.6 Å². The third kappa shape index (κ3) is 4.66. The molecule has 0 aliphatic carbocycles. The lowest BCUT2D eigenvalue weighted by atomic mass is 9.96. The molecule has 0 saturated carbocycles. The van der Waals surface area contributed by atoms with E-state index in [0.717, 1.165) is 71.9 Å². The van der Waals surface area contributed by atoms with Gasteiger partial charge in [0.1, 0.15) is 23.3 Å². The lowest BCUT2D eigenvalue weighted by molar-refractivity contribution is -0.0373. The number of nitrogens with zero attached hydrogens (tertiary/aromatic N) is 1. The minimum absolute atomic E-state index is 0.0530. The minimum atomic E-state index is -0.149. The average molecular weight is 496 g/mol. The number of aryl methyl sites for hydroxylation is 1. The first-order valence-electron chi connectivity index (χ1n) is 12.7. The zero-order chi connectivity index (χ0) is 25.4. The largest absolute Gasteiger partial charge is 0.475 e. The van der Waals surface area contributed by atoms with Gasteiger partial charge in [-0.15, -0.1) is 0 Å². The Morgan fingerprint density at radius 3 is 2.51 bits per heavy atom. The Bertz CT molecular complexity index is 1460. The molecule has 1 unspecified atom stereocenters. The zero-order valence-electron chi connectivity index (χ0n) is 21.0. The Kier molecular flexibility index (Phi) is 6.28. The second kappa shape index (κ2) is 9.88. The molecule has 6 nitrogen and oxygen atoms in total. The number of benzene rings is 3. The van der Waals surface area contributed by atoms with Crippen LogP contribution in [0, 0.1) is 6.92 Å². The summed E-state index contributed by atoms with van der Waals surface area (Å²) in [6.45, 7) is 7.22. The van der Waals surface area contributed by atoms with Gasteiger partial charge in [0, 0.05) is 35.7 Å². The summed E-state index contributed by atoms with van der Waals surface area (Å²) in [6, 6.07) is 19.4. The lowest BCUT2D eigenvalue weighted by Crippen LogP contribution is -2.44. The van der Waals surface area contributed by atoms with Crippen LogP contribution in [0.4, 0.5) is 0 Å². The van der Waals surface area contributed by atoms with Gasteiger partial charge in [0.2, 0.25) is 5.78 Å². The van der Waals surface area contributed by atoms with Crippen molar-refractivity contribution in [2.75, 3.05) is 26.3 Å². The summed E-state index contributed by atoms with van der Waals surface area (Å²) in [5, 5.41) is 0.892. The van der Waals surface area contributed by atoms with Crippen LogP contribution >= 0.6 is 0 Å². The molecule has 0 radical (unpaired) electrons. The highest BCUT2D eigenvalue weighted by Gasteiger charge is 2.25. The summed E-state index contributed by atoms with van der Waals surface area (Å²) in [7, 11) is 0. The van der Waals surface area contributed by atoms with Crippen molar-refractivity contribution in [1.82, 2.24) is 4.90 Å². The third-order valence-electron chi connectivity index (χ3n) is 7.03. The first-order chi connectivity index (χ1) is 18.1. The highest BCUT2D eigenvalue weighted by atomic mass is 16.5. The summed E-state index contributed by atoms with van der Waals surface area (Å²) in [5.74, 6) is 1.71. The van der Waals surface area contributed by atoms with E-state index in [4.69, 9.17) is 18.6 Å². The van der Waals surface area contributed by atoms with Crippen molar-refractivity contribution in [1.29, 1.82) is 0 Å². The molecular formula is C31H29NO5. The molecule has 37 heavy (non-hydrogen) atoms. The smallest absolute Gasteiger partial charge is 0.228 e. The predicted molar refractivity (Wildman–Crippen MR) is 142 cm³/mol. The number of ketones is 1. The quantitative estimate of drug-likeness (QED) is 0.299. The van der Waals surface area contributed by atoms with Crippen LogP contribution in [0.15, 0.2) is 77.4 Å². The Hall–Kier alpha value is -3.87. The number of carbonyl (C=O) groups excluding carboxylic acids is 1. The number of hydrogen-bond donors (Lipinski definition) is 0. The monoisotopic (exact) mass is 495 g/mol. The zero-order valence-corrected chi connectivity index (χ0v) is 21.0. The number of morpholine rings is 1. The molecule has 6 rings (SSSR count). The van der Waals surface area contributed by atoms with Gasteiger partial charge in [-0.25, -0.2) is 0 Å². The minimum Gasteiger partial charge on any atom is -0.475 e. The third-order valence-corrected chi connectivity index (χ3v) is 7.03. The highest BCUT2D eigenvalue weighted by molar-refractivity contribution is 6.16. The number of furan rings is 1. The molecule has 6 heteroatoms. The molecule has 1 saturated heterocycles. The van der Waals surface area contributed by atoms with Gasteiger partial charge in [0.15, 0.2) is 5.76 Å². The predicted octanol–water partition coefficient (Wildman–Crippen LogP) is 6.14. The fourth-order valence-corrected chi connectivity index (χ4v) is 4.93. The molecule has 2 aliphatic rings. The van der Waals surface area contributed by atoms with Crippen molar-refractivity contribution < 1.29 is 23.4 Å². The maximum Gasteiger partial charge on any atom is 0.228 e. The molecule has 1 atom stereocenters. The Morgan fingerprint density at radius 1 is 1.00 bits per heavy atom. The second-order valence-electron chi connectivity index (χ2n) is 9.54. The van der Waals surface area contributed by atoms with Crippen LogP contribution in [0.3, 0.4) is 0 Å². The summed E-state index contributed by atoms with van der Waals surface area (Å²) < 4.78 is 23.6. The van der Waals surface area contributed by atoms with Gasteiger partial charge in [-0.1, -0.05) is 42.0 Å². The van der Waals surface area contributed by atoms with E-state index in [1.807, 2.05) is 67.6 Å². The van der Waals surface area contributed by atoms with Crippen LogP contribution in [0.1, 0.15) is 34.2 Å². The second-order valence-corrected chi connectivity index (χ2v) is 9.54. The summed E-state index contributed by atoms with van der Waals surface area (Å²) in [5.41, 5.74) is 5.05. The van der Waals surface area contributed by atoms with Gasteiger partial charge in [-0.3, -0.25) is 9.69 Å². The van der Waals surface area contributed by atoms with Crippen molar-refractivity contribution in [2.45, 2.75) is 26.5 Å². The number of ether oxygens (including phenoxy) is 3. The topological polar surface area (TPSA) is 61.1 Å². The van der Waals surface area contributed by atoms with E-state index in [9.17, 15) is 4.79 Å². The van der Waals surface area contributed by atoms with Crippen LogP contribution in [-0.2, 0) is 11.2 Å². The number of rotatable bonds is 6.